The molecule has 3 heterocycles. The van der Waals surface area contributed by atoms with Crippen LogP contribution in [0.4, 0.5) is 4.39 Å². The average Bonchev–Trinajstić information content (AvgIpc) is 3.34. The van der Waals surface area contributed by atoms with Gasteiger partial charge in [-0.2, -0.15) is 0 Å². The van der Waals surface area contributed by atoms with Crippen molar-refractivity contribution in [1.29, 1.82) is 0 Å². The molecule has 3 aromatic rings. The van der Waals surface area contributed by atoms with Crippen molar-refractivity contribution in [3.05, 3.63) is 72.1 Å². The van der Waals surface area contributed by atoms with Crippen LogP contribution in [0.3, 0.4) is 0 Å². The molecule has 2 aromatic heterocycles. The van der Waals surface area contributed by atoms with E-state index in [2.05, 4.69) is 14.5 Å². The Balaban J connectivity index is 0.000000706. The van der Waals surface area contributed by atoms with Gasteiger partial charge in [0.05, 0.1) is 19.3 Å². The van der Waals surface area contributed by atoms with Crippen molar-refractivity contribution < 1.29 is 19.0 Å². The molecular weight excluding hydrogens is 361 g/mol. The highest BCUT2D eigenvalue weighted by atomic mass is 19.1. The summed E-state index contributed by atoms with van der Waals surface area (Å²) < 4.78 is 21.9. The number of nitrogens with zero attached hydrogens (tertiary/aromatic N) is 3. The minimum Gasteiger partial charge on any atom is -0.483 e. The zero-order valence-electron chi connectivity index (χ0n) is 15.5. The van der Waals surface area contributed by atoms with E-state index in [-0.39, 0.29) is 18.3 Å². The number of pyridine rings is 1. The monoisotopic (exact) mass is 383 g/mol. The number of hydrogen-bond acceptors (Lipinski definition) is 4. The quantitative estimate of drug-likeness (QED) is 0.698. The van der Waals surface area contributed by atoms with Crippen molar-refractivity contribution in [2.24, 2.45) is 5.92 Å². The van der Waals surface area contributed by atoms with Gasteiger partial charge in [-0.3, -0.25) is 9.78 Å². The summed E-state index contributed by atoms with van der Waals surface area (Å²) in [6.07, 6.45) is 8.30. The van der Waals surface area contributed by atoms with Gasteiger partial charge in [-0.05, 0) is 42.7 Å². The van der Waals surface area contributed by atoms with Crippen LogP contribution in [-0.4, -0.2) is 39.3 Å². The number of benzene rings is 1. The van der Waals surface area contributed by atoms with Crippen LogP contribution in [0.2, 0.25) is 0 Å². The van der Waals surface area contributed by atoms with Crippen LogP contribution < -0.4 is 0 Å². The summed E-state index contributed by atoms with van der Waals surface area (Å²) in [6, 6.07) is 9.55. The summed E-state index contributed by atoms with van der Waals surface area (Å²) in [5, 5.41) is 6.89. The van der Waals surface area contributed by atoms with Crippen LogP contribution in [-0.2, 0) is 16.0 Å². The van der Waals surface area contributed by atoms with E-state index in [0.717, 1.165) is 17.8 Å². The van der Waals surface area contributed by atoms with Gasteiger partial charge in [0.2, 0.25) is 0 Å². The summed E-state index contributed by atoms with van der Waals surface area (Å²) in [6.45, 7) is 2.88. The normalized spacial score (nSPS) is 18.4. The van der Waals surface area contributed by atoms with Gasteiger partial charge < -0.3 is 14.4 Å². The molecule has 6 nitrogen and oxygen atoms in total. The molecule has 0 amide bonds. The molecule has 1 saturated heterocycles. The second-order valence-electron chi connectivity index (χ2n) is 6.65. The third-order valence-corrected chi connectivity index (χ3v) is 4.87. The molecule has 0 aliphatic carbocycles. The van der Waals surface area contributed by atoms with Gasteiger partial charge in [0.1, 0.15) is 11.6 Å². The van der Waals surface area contributed by atoms with Gasteiger partial charge in [-0.25, -0.2) is 9.37 Å². The molecule has 1 aliphatic rings. The molecule has 0 saturated carbocycles. The van der Waals surface area contributed by atoms with Crippen molar-refractivity contribution in [2.75, 3.05) is 13.2 Å². The minimum absolute atomic E-state index is 0.190. The zero-order valence-corrected chi connectivity index (χ0v) is 15.5. The highest BCUT2D eigenvalue weighted by molar-refractivity contribution is 5.56. The van der Waals surface area contributed by atoms with E-state index in [9.17, 15) is 4.39 Å². The molecular formula is C21H22FN3O3. The summed E-state index contributed by atoms with van der Waals surface area (Å²) in [5.41, 5.74) is 2.68. The maximum absolute atomic E-state index is 14.0. The standard InChI is InChI=1S/C20H20FN3O.CH2O2/c1-14-2-3-16(11-18(14)21)20-23-8-9-24(20)19-13-25-12-17(19)10-15-4-6-22-7-5-15;2-1-3/h2-9,11,17,19H,10,12-13H2,1H3;1H,(H,2,3)/t17-,19+;/m0./s1. The molecule has 4 rings (SSSR count). The highest BCUT2D eigenvalue weighted by Gasteiger charge is 2.31. The highest BCUT2D eigenvalue weighted by Crippen LogP contribution is 2.32. The Morgan fingerprint density at radius 1 is 1.25 bits per heavy atom. The number of imidazole rings is 1. The summed E-state index contributed by atoms with van der Waals surface area (Å²) in [5.74, 6) is 0.933. The molecule has 146 valence electrons. The minimum atomic E-state index is -0.250. The number of rotatable bonds is 4. The zero-order chi connectivity index (χ0) is 19.9. The van der Waals surface area contributed by atoms with Gasteiger partial charge in [0.25, 0.3) is 6.47 Å². The third-order valence-electron chi connectivity index (χ3n) is 4.87. The first kappa shape index (κ1) is 19.7. The number of ether oxygens (including phenoxy) is 1. The molecule has 7 heteroatoms. The summed E-state index contributed by atoms with van der Waals surface area (Å²) in [7, 11) is 0. The Morgan fingerprint density at radius 3 is 2.71 bits per heavy atom. The second kappa shape index (κ2) is 9.23. The molecule has 2 atom stereocenters. The molecule has 1 N–H and O–H groups in total. The number of aryl methyl sites for hydroxylation is 1. The topological polar surface area (TPSA) is 77.2 Å². The van der Waals surface area contributed by atoms with E-state index in [4.69, 9.17) is 14.6 Å². The molecule has 0 radical (unpaired) electrons. The number of carbonyl (C=O) groups is 1. The van der Waals surface area contributed by atoms with Crippen LogP contribution in [0.5, 0.6) is 0 Å². The second-order valence-corrected chi connectivity index (χ2v) is 6.65. The van der Waals surface area contributed by atoms with Crippen molar-refractivity contribution in [3.63, 3.8) is 0 Å². The Bertz CT molecular complexity index is 914. The maximum Gasteiger partial charge on any atom is 0.290 e. The molecule has 0 spiro atoms. The van der Waals surface area contributed by atoms with E-state index in [1.165, 1.54) is 5.56 Å². The lowest BCUT2D eigenvalue weighted by atomic mass is 9.95. The lowest BCUT2D eigenvalue weighted by Crippen LogP contribution is -2.20. The van der Waals surface area contributed by atoms with Gasteiger partial charge in [0, 0.05) is 36.3 Å². The van der Waals surface area contributed by atoms with E-state index >= 15 is 0 Å². The van der Waals surface area contributed by atoms with Crippen LogP contribution in [0, 0.1) is 18.7 Å². The van der Waals surface area contributed by atoms with Gasteiger partial charge in [-0.1, -0.05) is 12.1 Å². The first-order valence-corrected chi connectivity index (χ1v) is 8.98. The maximum atomic E-state index is 14.0. The first-order chi connectivity index (χ1) is 13.6. The fourth-order valence-corrected chi connectivity index (χ4v) is 3.45. The molecule has 1 aromatic carbocycles. The van der Waals surface area contributed by atoms with Crippen molar-refractivity contribution in [3.8, 4) is 11.4 Å². The van der Waals surface area contributed by atoms with Gasteiger partial charge in [0.15, 0.2) is 0 Å². The molecule has 1 fully saturated rings. The van der Waals surface area contributed by atoms with E-state index in [1.807, 2.05) is 36.8 Å². The fraction of sp³-hybridized carbons (Fsp3) is 0.286. The van der Waals surface area contributed by atoms with E-state index < -0.39 is 0 Å². The summed E-state index contributed by atoms with van der Waals surface area (Å²) >= 11 is 0. The Hall–Kier alpha value is -3.06. The Morgan fingerprint density at radius 2 is 2.00 bits per heavy atom. The first-order valence-electron chi connectivity index (χ1n) is 8.98. The van der Waals surface area contributed by atoms with E-state index in [1.54, 1.807) is 25.3 Å². The van der Waals surface area contributed by atoms with Gasteiger partial charge in [-0.15, -0.1) is 0 Å². The third kappa shape index (κ3) is 4.43. The van der Waals surface area contributed by atoms with Crippen LogP contribution >= 0.6 is 0 Å². The molecule has 0 bridgehead atoms. The molecule has 0 unspecified atom stereocenters. The van der Waals surface area contributed by atoms with Crippen molar-refractivity contribution >= 4 is 6.47 Å². The Labute approximate surface area is 162 Å². The lowest BCUT2D eigenvalue weighted by Gasteiger charge is -2.21. The van der Waals surface area contributed by atoms with Gasteiger partial charge >= 0.3 is 0 Å². The Kier molecular flexibility index (Phi) is 6.49. The fourth-order valence-electron chi connectivity index (χ4n) is 3.45. The van der Waals surface area contributed by atoms with Crippen molar-refractivity contribution in [1.82, 2.24) is 14.5 Å². The number of carboxylic acid groups (broad SMARTS) is 1. The van der Waals surface area contributed by atoms with Crippen LogP contribution in [0.1, 0.15) is 17.2 Å². The predicted molar refractivity (Wildman–Crippen MR) is 102 cm³/mol. The van der Waals surface area contributed by atoms with Crippen molar-refractivity contribution in [2.45, 2.75) is 19.4 Å². The molecule has 1 aliphatic heterocycles. The van der Waals surface area contributed by atoms with Crippen LogP contribution in [0.25, 0.3) is 11.4 Å². The number of aromatic nitrogens is 3. The SMILES string of the molecule is Cc1ccc(-c2nccn2[C@@H]2COC[C@@H]2Cc2ccncc2)cc1F.O=CO. The number of hydrogen-bond donors (Lipinski definition) is 1. The molecule has 28 heavy (non-hydrogen) atoms. The van der Waals surface area contributed by atoms with Crippen LogP contribution in [0.15, 0.2) is 55.1 Å². The average molecular weight is 383 g/mol. The lowest BCUT2D eigenvalue weighted by molar-refractivity contribution is -0.122. The smallest absolute Gasteiger partial charge is 0.290 e. The largest absolute Gasteiger partial charge is 0.483 e. The predicted octanol–water partition coefficient (Wildman–Crippen LogP) is 3.52. The summed E-state index contributed by atoms with van der Waals surface area (Å²) in [4.78, 5) is 16.9. The van der Waals surface area contributed by atoms with E-state index in [0.29, 0.717) is 24.7 Å². The number of halogens is 1.